The van der Waals surface area contributed by atoms with Gasteiger partial charge in [-0.05, 0) is 48.9 Å². The first-order valence-corrected chi connectivity index (χ1v) is 6.69. The number of hydrogen-bond donors (Lipinski definition) is 1. The molecule has 1 unspecified atom stereocenters. The van der Waals surface area contributed by atoms with Gasteiger partial charge >= 0.3 is 0 Å². The van der Waals surface area contributed by atoms with E-state index >= 15 is 0 Å². The van der Waals surface area contributed by atoms with Crippen LogP contribution in [0.25, 0.3) is 0 Å². The summed E-state index contributed by atoms with van der Waals surface area (Å²) in [6.07, 6.45) is 4.25. The lowest BCUT2D eigenvalue weighted by molar-refractivity contribution is 0.257. The van der Waals surface area contributed by atoms with Crippen LogP contribution in [-0.4, -0.2) is 43.1 Å². The fourth-order valence-corrected chi connectivity index (χ4v) is 2.63. The van der Waals surface area contributed by atoms with Gasteiger partial charge in [-0.25, -0.2) is 4.98 Å². The third-order valence-electron chi connectivity index (χ3n) is 3.29. The van der Waals surface area contributed by atoms with Crippen LogP contribution in [0.2, 0.25) is 0 Å². The molecule has 0 aliphatic carbocycles. The Bertz CT molecular complexity index is 394. The first-order chi connectivity index (χ1) is 8.08. The van der Waals surface area contributed by atoms with E-state index in [1.165, 1.54) is 12.8 Å². The smallest absolute Gasteiger partial charge is 0.151 e. The molecule has 0 radical (unpaired) electrons. The number of halogens is 1. The minimum atomic E-state index is 0.591. The van der Waals surface area contributed by atoms with Crippen LogP contribution in [0.1, 0.15) is 12.8 Å². The molecule has 0 bridgehead atoms. The van der Waals surface area contributed by atoms with E-state index < -0.39 is 0 Å². The minimum absolute atomic E-state index is 0.591. The Hall–Kier alpha value is -0.810. The summed E-state index contributed by atoms with van der Waals surface area (Å²) in [4.78, 5) is 9.00. The summed E-state index contributed by atoms with van der Waals surface area (Å²) < 4.78 is 0.930. The number of pyridine rings is 1. The molecule has 2 N–H and O–H groups in total. The number of rotatable bonds is 2. The van der Waals surface area contributed by atoms with E-state index in [1.54, 1.807) is 0 Å². The third kappa shape index (κ3) is 2.90. The Morgan fingerprint density at radius 1 is 1.53 bits per heavy atom. The van der Waals surface area contributed by atoms with Gasteiger partial charge in [-0.2, -0.15) is 0 Å². The molecule has 0 aromatic carbocycles. The number of anilines is 2. The molecule has 5 heteroatoms. The molecule has 0 saturated carbocycles. The van der Waals surface area contributed by atoms with Crippen molar-refractivity contribution in [1.29, 1.82) is 0 Å². The molecule has 0 amide bonds. The average Bonchev–Trinajstić information content (AvgIpc) is 2.29. The van der Waals surface area contributed by atoms with Gasteiger partial charge in [-0.15, -0.1) is 0 Å². The van der Waals surface area contributed by atoms with E-state index in [0.717, 1.165) is 29.1 Å². The first kappa shape index (κ1) is 12.6. The second kappa shape index (κ2) is 5.23. The van der Waals surface area contributed by atoms with Gasteiger partial charge in [0.2, 0.25) is 0 Å². The molecule has 2 rings (SSSR count). The highest BCUT2D eigenvalue weighted by molar-refractivity contribution is 9.10. The van der Waals surface area contributed by atoms with Gasteiger partial charge in [0.1, 0.15) is 0 Å². The van der Waals surface area contributed by atoms with Crippen molar-refractivity contribution in [3.8, 4) is 0 Å². The van der Waals surface area contributed by atoms with Crippen LogP contribution in [0.4, 0.5) is 11.5 Å². The van der Waals surface area contributed by atoms with Gasteiger partial charge < -0.3 is 15.5 Å². The maximum atomic E-state index is 6.03. The summed E-state index contributed by atoms with van der Waals surface area (Å²) in [5, 5.41) is 0. The van der Waals surface area contributed by atoms with Crippen LogP contribution in [-0.2, 0) is 0 Å². The Morgan fingerprint density at radius 3 is 2.94 bits per heavy atom. The van der Waals surface area contributed by atoms with Gasteiger partial charge in [-0.3, -0.25) is 0 Å². The van der Waals surface area contributed by atoms with Crippen molar-refractivity contribution in [2.24, 2.45) is 0 Å². The van der Waals surface area contributed by atoms with Crippen LogP contribution in [0, 0.1) is 0 Å². The maximum Gasteiger partial charge on any atom is 0.151 e. The Balaban J connectivity index is 2.16. The summed E-state index contributed by atoms with van der Waals surface area (Å²) in [6, 6.07) is 2.51. The molecule has 1 aromatic rings. The van der Waals surface area contributed by atoms with Crippen LogP contribution in [0.15, 0.2) is 16.7 Å². The first-order valence-electron chi connectivity index (χ1n) is 5.90. The van der Waals surface area contributed by atoms with Gasteiger partial charge in [0.25, 0.3) is 0 Å². The summed E-state index contributed by atoms with van der Waals surface area (Å²) in [6.45, 7) is 2.05. The van der Waals surface area contributed by atoms with E-state index in [1.807, 2.05) is 12.3 Å². The largest absolute Gasteiger partial charge is 0.396 e. The van der Waals surface area contributed by atoms with Crippen LogP contribution in [0.5, 0.6) is 0 Å². The number of nitrogen functional groups attached to an aromatic ring is 1. The number of piperidine rings is 1. The predicted molar refractivity (Wildman–Crippen MR) is 75.3 cm³/mol. The van der Waals surface area contributed by atoms with Gasteiger partial charge in [0.05, 0.1) is 5.69 Å². The molecule has 1 aliphatic heterocycles. The lowest BCUT2D eigenvalue weighted by Crippen LogP contribution is -2.45. The standard InChI is InChI=1S/C12H19BrN4/c1-16(2)10-4-3-5-17(8-10)12-11(14)6-9(13)7-15-12/h6-7,10H,3-5,8,14H2,1-2H3. The van der Waals surface area contributed by atoms with E-state index in [0.29, 0.717) is 6.04 Å². The molecule has 1 aromatic heterocycles. The van der Waals surface area contributed by atoms with Crippen molar-refractivity contribution < 1.29 is 0 Å². The van der Waals surface area contributed by atoms with E-state index in [4.69, 9.17) is 5.73 Å². The van der Waals surface area contributed by atoms with Crippen molar-refractivity contribution >= 4 is 27.4 Å². The number of nitrogens with zero attached hydrogens (tertiary/aromatic N) is 3. The highest BCUT2D eigenvalue weighted by atomic mass is 79.9. The molecular formula is C12H19BrN4. The van der Waals surface area contributed by atoms with E-state index in [2.05, 4.69) is 44.8 Å². The SMILES string of the molecule is CN(C)C1CCCN(c2ncc(Br)cc2N)C1. The molecular weight excluding hydrogens is 280 g/mol. The lowest BCUT2D eigenvalue weighted by Gasteiger charge is -2.37. The fourth-order valence-electron chi connectivity index (χ4n) is 2.28. The van der Waals surface area contributed by atoms with Crippen molar-refractivity contribution in [3.63, 3.8) is 0 Å². The predicted octanol–water partition coefficient (Wildman–Crippen LogP) is 1.96. The van der Waals surface area contributed by atoms with E-state index in [-0.39, 0.29) is 0 Å². The zero-order valence-electron chi connectivity index (χ0n) is 10.4. The zero-order chi connectivity index (χ0) is 12.4. The lowest BCUT2D eigenvalue weighted by atomic mass is 10.0. The molecule has 1 fully saturated rings. The molecule has 4 nitrogen and oxygen atoms in total. The Morgan fingerprint density at radius 2 is 2.29 bits per heavy atom. The highest BCUT2D eigenvalue weighted by Gasteiger charge is 2.23. The molecule has 94 valence electrons. The van der Waals surface area contributed by atoms with E-state index in [9.17, 15) is 0 Å². The summed E-state index contributed by atoms with van der Waals surface area (Å²) >= 11 is 3.39. The zero-order valence-corrected chi connectivity index (χ0v) is 11.9. The fraction of sp³-hybridized carbons (Fsp3) is 0.583. The Kier molecular flexibility index (Phi) is 3.89. The molecule has 2 heterocycles. The van der Waals surface area contributed by atoms with Crippen molar-refractivity contribution in [2.75, 3.05) is 37.8 Å². The van der Waals surface area contributed by atoms with Crippen LogP contribution < -0.4 is 10.6 Å². The molecule has 1 atom stereocenters. The van der Waals surface area contributed by atoms with Gasteiger partial charge in [0, 0.05) is 29.8 Å². The summed E-state index contributed by atoms with van der Waals surface area (Å²) in [5.74, 6) is 0.916. The molecule has 1 aliphatic rings. The average molecular weight is 299 g/mol. The van der Waals surface area contributed by atoms with Gasteiger partial charge in [-0.1, -0.05) is 0 Å². The Labute approximate surface area is 111 Å². The number of aromatic nitrogens is 1. The highest BCUT2D eigenvalue weighted by Crippen LogP contribution is 2.26. The van der Waals surface area contributed by atoms with Gasteiger partial charge in [0.15, 0.2) is 5.82 Å². The van der Waals surface area contributed by atoms with Crippen LogP contribution in [0.3, 0.4) is 0 Å². The number of hydrogen-bond acceptors (Lipinski definition) is 4. The normalized spacial score (nSPS) is 20.9. The monoisotopic (exact) mass is 298 g/mol. The van der Waals surface area contributed by atoms with Crippen molar-refractivity contribution in [3.05, 3.63) is 16.7 Å². The maximum absolute atomic E-state index is 6.03. The topological polar surface area (TPSA) is 45.4 Å². The summed E-state index contributed by atoms with van der Waals surface area (Å²) in [5.41, 5.74) is 6.77. The van der Waals surface area contributed by atoms with Crippen LogP contribution >= 0.6 is 15.9 Å². The van der Waals surface area contributed by atoms with Crippen molar-refractivity contribution in [1.82, 2.24) is 9.88 Å². The quantitative estimate of drug-likeness (QED) is 0.907. The molecule has 17 heavy (non-hydrogen) atoms. The summed E-state index contributed by atoms with van der Waals surface area (Å²) in [7, 11) is 4.26. The molecule has 0 spiro atoms. The van der Waals surface area contributed by atoms with Crippen molar-refractivity contribution in [2.45, 2.75) is 18.9 Å². The molecule has 1 saturated heterocycles. The second-order valence-electron chi connectivity index (χ2n) is 4.77. The third-order valence-corrected chi connectivity index (χ3v) is 3.72. The second-order valence-corrected chi connectivity index (χ2v) is 5.69. The minimum Gasteiger partial charge on any atom is -0.396 e. The number of likely N-dealkylation sites (N-methyl/N-ethyl adjacent to an activating group) is 1. The number of nitrogens with two attached hydrogens (primary N) is 1.